The molecule has 0 aliphatic rings. The van der Waals surface area contributed by atoms with Crippen LogP contribution in [0.25, 0.3) is 0 Å². The summed E-state index contributed by atoms with van der Waals surface area (Å²) in [4.78, 5) is 25.4. The molecule has 6 nitrogen and oxygen atoms in total. The van der Waals surface area contributed by atoms with Crippen LogP contribution in [0.4, 0.5) is 0 Å². The number of nitrogens with one attached hydrogen (secondary N) is 2. The van der Waals surface area contributed by atoms with Crippen molar-refractivity contribution in [1.29, 1.82) is 0 Å². The Balaban J connectivity index is 2.44. The van der Waals surface area contributed by atoms with Crippen molar-refractivity contribution < 1.29 is 19.1 Å². The number of hydrogen-bond acceptors (Lipinski definition) is 4. The van der Waals surface area contributed by atoms with Crippen molar-refractivity contribution in [3.05, 3.63) is 24.0 Å². The second kappa shape index (κ2) is 5.92. The summed E-state index contributed by atoms with van der Waals surface area (Å²) in [6, 6.07) is 3.35. The van der Waals surface area contributed by atoms with Gasteiger partial charge in [0.2, 0.25) is 0 Å². The zero-order chi connectivity index (χ0) is 12.0. The molecule has 0 saturated heterocycles. The van der Waals surface area contributed by atoms with Crippen LogP contribution in [0.2, 0.25) is 0 Å². The van der Waals surface area contributed by atoms with E-state index in [1.165, 1.54) is 14.2 Å². The minimum Gasteiger partial charge on any atom is -0.467 e. The van der Waals surface area contributed by atoms with Crippen LogP contribution in [0.1, 0.15) is 10.5 Å². The van der Waals surface area contributed by atoms with Crippen LogP contribution in [0.15, 0.2) is 18.3 Å². The average molecular weight is 226 g/mol. The quantitative estimate of drug-likeness (QED) is 0.689. The van der Waals surface area contributed by atoms with Crippen molar-refractivity contribution in [1.82, 2.24) is 10.3 Å². The third-order valence-electron chi connectivity index (χ3n) is 2.04. The molecule has 1 rings (SSSR count). The topological polar surface area (TPSA) is 80.4 Å². The number of rotatable bonds is 5. The van der Waals surface area contributed by atoms with Gasteiger partial charge in [0.1, 0.15) is 5.69 Å². The van der Waals surface area contributed by atoms with E-state index in [2.05, 4.69) is 15.0 Å². The molecular weight excluding hydrogens is 212 g/mol. The third-order valence-corrected chi connectivity index (χ3v) is 2.04. The number of hydrogen-bond donors (Lipinski definition) is 2. The number of aromatic amines is 1. The van der Waals surface area contributed by atoms with Gasteiger partial charge in [-0.3, -0.25) is 4.79 Å². The molecule has 0 radical (unpaired) electrons. The van der Waals surface area contributed by atoms with E-state index in [4.69, 9.17) is 4.74 Å². The predicted octanol–water partition coefficient (Wildman–Crippen LogP) is -0.0675. The molecule has 6 heteroatoms. The zero-order valence-corrected chi connectivity index (χ0v) is 9.15. The Morgan fingerprint density at radius 2 is 2.25 bits per heavy atom. The maximum absolute atomic E-state index is 11.5. The Bertz CT molecular complexity index is 348. The summed E-state index contributed by atoms with van der Waals surface area (Å²) in [7, 11) is 2.64. The first kappa shape index (κ1) is 12.3. The highest BCUT2D eigenvalue weighted by molar-refractivity contribution is 5.92. The first-order valence-electron chi connectivity index (χ1n) is 4.71. The summed E-state index contributed by atoms with van der Waals surface area (Å²) in [5.74, 6) is -0.815. The van der Waals surface area contributed by atoms with E-state index in [1.54, 1.807) is 18.3 Å². The van der Waals surface area contributed by atoms with Gasteiger partial charge in [0, 0.05) is 13.3 Å². The Morgan fingerprint density at radius 3 is 2.75 bits per heavy atom. The van der Waals surface area contributed by atoms with E-state index < -0.39 is 12.1 Å². The van der Waals surface area contributed by atoms with Crippen LogP contribution in [0.3, 0.4) is 0 Å². The molecule has 0 aromatic carbocycles. The third kappa shape index (κ3) is 3.09. The largest absolute Gasteiger partial charge is 0.467 e. The summed E-state index contributed by atoms with van der Waals surface area (Å²) in [6.07, 6.45) is 0.854. The lowest BCUT2D eigenvalue weighted by Gasteiger charge is -2.13. The molecule has 0 spiro atoms. The van der Waals surface area contributed by atoms with Crippen molar-refractivity contribution >= 4 is 11.9 Å². The lowest BCUT2D eigenvalue weighted by atomic mass is 10.3. The van der Waals surface area contributed by atoms with Crippen LogP contribution in [-0.4, -0.2) is 43.7 Å². The van der Waals surface area contributed by atoms with Gasteiger partial charge in [0.15, 0.2) is 6.10 Å². The molecule has 0 aliphatic carbocycles. The molecule has 1 aromatic heterocycles. The first-order chi connectivity index (χ1) is 7.69. The van der Waals surface area contributed by atoms with E-state index in [9.17, 15) is 9.59 Å². The van der Waals surface area contributed by atoms with E-state index in [1.807, 2.05) is 0 Å². The molecule has 1 atom stereocenters. The molecule has 1 aromatic rings. The second-order valence-corrected chi connectivity index (χ2v) is 3.04. The SMILES string of the molecule is COC(=O)[C@H](CNC(=O)c1ccc[nH]1)OC. The fraction of sp³-hybridized carbons (Fsp3) is 0.400. The molecule has 2 N–H and O–H groups in total. The van der Waals surface area contributed by atoms with Gasteiger partial charge in [0.05, 0.1) is 13.7 Å². The standard InChI is InChI=1S/C10H14N2O4/c1-15-8(10(14)16-2)6-12-9(13)7-4-3-5-11-7/h3-5,8,11H,6H2,1-2H3,(H,12,13)/t8-/m0/s1. The Kier molecular flexibility index (Phi) is 4.53. The van der Waals surface area contributed by atoms with Gasteiger partial charge in [-0.25, -0.2) is 4.79 Å². The summed E-state index contributed by atoms with van der Waals surface area (Å²) in [5, 5.41) is 2.56. The maximum atomic E-state index is 11.5. The highest BCUT2D eigenvalue weighted by Crippen LogP contribution is 1.96. The van der Waals surface area contributed by atoms with Gasteiger partial charge in [-0.1, -0.05) is 0 Å². The monoisotopic (exact) mass is 226 g/mol. The molecule has 1 heterocycles. The van der Waals surface area contributed by atoms with Gasteiger partial charge in [-0.2, -0.15) is 0 Å². The van der Waals surface area contributed by atoms with Crippen molar-refractivity contribution in [3.63, 3.8) is 0 Å². The van der Waals surface area contributed by atoms with Crippen LogP contribution in [-0.2, 0) is 14.3 Å². The molecule has 88 valence electrons. The van der Waals surface area contributed by atoms with Gasteiger partial charge in [-0.15, -0.1) is 0 Å². The smallest absolute Gasteiger partial charge is 0.336 e. The molecular formula is C10H14N2O4. The van der Waals surface area contributed by atoms with Crippen LogP contribution in [0.5, 0.6) is 0 Å². The first-order valence-corrected chi connectivity index (χ1v) is 4.71. The average Bonchev–Trinajstić information content (AvgIpc) is 2.82. The van der Waals surface area contributed by atoms with E-state index in [-0.39, 0.29) is 12.5 Å². The van der Waals surface area contributed by atoms with Crippen molar-refractivity contribution in [2.45, 2.75) is 6.10 Å². The fourth-order valence-corrected chi connectivity index (χ4v) is 1.15. The summed E-state index contributed by atoms with van der Waals surface area (Å²) < 4.78 is 9.37. The minimum absolute atomic E-state index is 0.0705. The highest BCUT2D eigenvalue weighted by Gasteiger charge is 2.19. The van der Waals surface area contributed by atoms with Gasteiger partial charge in [-0.05, 0) is 12.1 Å². The molecule has 0 saturated carbocycles. The molecule has 1 amide bonds. The minimum atomic E-state index is -0.788. The normalized spacial score (nSPS) is 11.9. The number of esters is 1. The summed E-state index contributed by atoms with van der Waals surface area (Å²) >= 11 is 0. The van der Waals surface area contributed by atoms with Crippen molar-refractivity contribution in [2.75, 3.05) is 20.8 Å². The van der Waals surface area contributed by atoms with Crippen molar-refractivity contribution in [3.8, 4) is 0 Å². The molecule has 16 heavy (non-hydrogen) atoms. The number of amides is 1. The number of H-pyrrole nitrogens is 1. The lowest BCUT2D eigenvalue weighted by Crippen LogP contribution is -2.38. The fourth-order valence-electron chi connectivity index (χ4n) is 1.15. The predicted molar refractivity (Wildman–Crippen MR) is 55.9 cm³/mol. The number of carbonyl (C=O) groups excluding carboxylic acids is 2. The maximum Gasteiger partial charge on any atom is 0.336 e. The number of aromatic nitrogens is 1. The lowest BCUT2D eigenvalue weighted by molar-refractivity contribution is -0.151. The van der Waals surface area contributed by atoms with Crippen LogP contribution in [0, 0.1) is 0 Å². The van der Waals surface area contributed by atoms with Crippen LogP contribution < -0.4 is 5.32 Å². The summed E-state index contributed by atoms with van der Waals surface area (Å²) in [6.45, 7) is 0.0705. The summed E-state index contributed by atoms with van der Waals surface area (Å²) in [5.41, 5.74) is 0.430. The Labute approximate surface area is 92.9 Å². The van der Waals surface area contributed by atoms with Gasteiger partial charge >= 0.3 is 5.97 Å². The van der Waals surface area contributed by atoms with Gasteiger partial charge in [0.25, 0.3) is 5.91 Å². The van der Waals surface area contributed by atoms with E-state index in [0.717, 1.165) is 0 Å². The van der Waals surface area contributed by atoms with Crippen LogP contribution >= 0.6 is 0 Å². The highest BCUT2D eigenvalue weighted by atomic mass is 16.6. The van der Waals surface area contributed by atoms with E-state index in [0.29, 0.717) is 5.69 Å². The molecule has 0 fully saturated rings. The molecule has 0 unspecified atom stereocenters. The van der Waals surface area contributed by atoms with E-state index >= 15 is 0 Å². The number of ether oxygens (including phenoxy) is 2. The van der Waals surface area contributed by atoms with Gasteiger partial charge < -0.3 is 19.8 Å². The Morgan fingerprint density at radius 1 is 1.50 bits per heavy atom. The number of carbonyl (C=O) groups is 2. The Hall–Kier alpha value is -1.82. The second-order valence-electron chi connectivity index (χ2n) is 3.04. The zero-order valence-electron chi connectivity index (χ0n) is 9.15. The van der Waals surface area contributed by atoms with Crippen molar-refractivity contribution in [2.24, 2.45) is 0 Å². The number of methoxy groups -OCH3 is 2. The molecule has 0 bridgehead atoms. The molecule has 0 aliphatic heterocycles.